The minimum atomic E-state index is 0.396. The lowest BCUT2D eigenvalue weighted by Gasteiger charge is -2.10. The van der Waals surface area contributed by atoms with Crippen molar-refractivity contribution in [3.05, 3.63) is 47.1 Å². The lowest BCUT2D eigenvalue weighted by molar-refractivity contribution is 0.827. The Morgan fingerprint density at radius 3 is 2.69 bits per heavy atom. The summed E-state index contributed by atoms with van der Waals surface area (Å²) in [7, 11) is 0. The molecular formula is C14H14ClN. The van der Waals surface area contributed by atoms with E-state index < -0.39 is 0 Å². The summed E-state index contributed by atoms with van der Waals surface area (Å²) in [5.74, 6) is 0.396. The standard InChI is InChI=1S/C14H14ClN/c1-10(2)14-12(7-8-15)9-11-5-3-4-6-13(11)16-14/h3-10H,1-2H3/b8-7+. The van der Waals surface area contributed by atoms with Gasteiger partial charge >= 0.3 is 0 Å². The number of fused-ring (bicyclic) bond motifs is 1. The molecule has 0 aliphatic carbocycles. The van der Waals surface area contributed by atoms with Crippen molar-refractivity contribution in [3.63, 3.8) is 0 Å². The first kappa shape index (κ1) is 11.2. The number of rotatable bonds is 2. The van der Waals surface area contributed by atoms with Crippen LogP contribution in [0.3, 0.4) is 0 Å². The average molecular weight is 232 g/mol. The molecule has 0 amide bonds. The third kappa shape index (κ3) is 2.10. The van der Waals surface area contributed by atoms with Gasteiger partial charge in [-0.1, -0.05) is 43.6 Å². The highest BCUT2D eigenvalue weighted by Gasteiger charge is 2.07. The zero-order valence-electron chi connectivity index (χ0n) is 9.44. The van der Waals surface area contributed by atoms with Crippen molar-refractivity contribution in [2.75, 3.05) is 0 Å². The van der Waals surface area contributed by atoms with Crippen LogP contribution in [0.15, 0.2) is 35.9 Å². The zero-order valence-corrected chi connectivity index (χ0v) is 10.2. The summed E-state index contributed by atoms with van der Waals surface area (Å²) >= 11 is 5.66. The summed E-state index contributed by atoms with van der Waals surface area (Å²) in [6.07, 6.45) is 1.90. The number of aromatic nitrogens is 1. The normalized spacial score (nSPS) is 11.8. The second kappa shape index (κ2) is 4.67. The van der Waals surface area contributed by atoms with Gasteiger partial charge in [0.1, 0.15) is 0 Å². The van der Waals surface area contributed by atoms with Gasteiger partial charge in [-0.05, 0) is 29.7 Å². The first-order valence-electron chi connectivity index (χ1n) is 5.39. The summed E-state index contributed by atoms with van der Waals surface area (Å²) in [5, 5.41) is 1.15. The van der Waals surface area contributed by atoms with Gasteiger partial charge < -0.3 is 0 Å². The molecule has 1 aromatic heterocycles. The fraction of sp³-hybridized carbons (Fsp3) is 0.214. The molecule has 0 aliphatic heterocycles. The molecule has 0 unspecified atom stereocenters. The van der Waals surface area contributed by atoms with Crippen LogP contribution in [-0.2, 0) is 0 Å². The molecule has 0 fully saturated rings. The number of para-hydroxylation sites is 1. The lowest BCUT2D eigenvalue weighted by Crippen LogP contribution is -1.97. The van der Waals surface area contributed by atoms with E-state index >= 15 is 0 Å². The Balaban J connectivity index is 2.70. The van der Waals surface area contributed by atoms with E-state index in [0.29, 0.717) is 5.92 Å². The number of hydrogen-bond donors (Lipinski definition) is 0. The van der Waals surface area contributed by atoms with Gasteiger partial charge in [0, 0.05) is 10.9 Å². The first-order valence-corrected chi connectivity index (χ1v) is 5.82. The average Bonchev–Trinajstić information content (AvgIpc) is 2.28. The van der Waals surface area contributed by atoms with Crippen LogP contribution in [0.1, 0.15) is 31.0 Å². The molecule has 0 aliphatic rings. The van der Waals surface area contributed by atoms with Crippen LogP contribution < -0.4 is 0 Å². The maximum absolute atomic E-state index is 5.66. The minimum absolute atomic E-state index is 0.396. The topological polar surface area (TPSA) is 12.9 Å². The number of hydrogen-bond acceptors (Lipinski definition) is 1. The Kier molecular flexibility index (Phi) is 3.25. The molecular weight excluding hydrogens is 218 g/mol. The van der Waals surface area contributed by atoms with Crippen LogP contribution in [0, 0.1) is 0 Å². The Labute approximate surface area is 101 Å². The molecule has 82 valence electrons. The maximum Gasteiger partial charge on any atom is 0.0705 e. The molecule has 2 rings (SSSR count). The largest absolute Gasteiger partial charge is 0.252 e. The van der Waals surface area contributed by atoms with Gasteiger partial charge in [-0.2, -0.15) is 0 Å². The van der Waals surface area contributed by atoms with Gasteiger partial charge in [0.15, 0.2) is 0 Å². The Morgan fingerprint density at radius 1 is 1.25 bits per heavy atom. The number of nitrogens with zero attached hydrogens (tertiary/aromatic N) is 1. The van der Waals surface area contributed by atoms with E-state index in [2.05, 4.69) is 31.0 Å². The SMILES string of the molecule is CC(C)c1nc2ccccc2cc1/C=C/Cl. The second-order valence-corrected chi connectivity index (χ2v) is 4.35. The molecule has 0 saturated carbocycles. The van der Waals surface area contributed by atoms with Crippen LogP contribution in [-0.4, -0.2) is 4.98 Å². The molecule has 0 saturated heterocycles. The van der Waals surface area contributed by atoms with Crippen LogP contribution in [0.5, 0.6) is 0 Å². The molecule has 2 heteroatoms. The third-order valence-electron chi connectivity index (χ3n) is 2.57. The minimum Gasteiger partial charge on any atom is -0.252 e. The van der Waals surface area contributed by atoms with Crippen molar-refractivity contribution >= 4 is 28.6 Å². The van der Waals surface area contributed by atoms with Gasteiger partial charge in [-0.15, -0.1) is 0 Å². The van der Waals surface area contributed by atoms with Crippen molar-refractivity contribution in [2.45, 2.75) is 19.8 Å². The second-order valence-electron chi connectivity index (χ2n) is 4.10. The third-order valence-corrected chi connectivity index (χ3v) is 2.70. The van der Waals surface area contributed by atoms with Crippen molar-refractivity contribution in [3.8, 4) is 0 Å². The van der Waals surface area contributed by atoms with Gasteiger partial charge in [0.2, 0.25) is 0 Å². The van der Waals surface area contributed by atoms with Crippen molar-refractivity contribution < 1.29 is 0 Å². The number of benzene rings is 1. The Bertz CT molecular complexity index is 529. The van der Waals surface area contributed by atoms with Crippen molar-refractivity contribution in [2.24, 2.45) is 0 Å². The Hall–Kier alpha value is -1.34. The number of halogens is 1. The molecule has 1 aromatic carbocycles. The van der Waals surface area contributed by atoms with Crippen LogP contribution in [0.25, 0.3) is 17.0 Å². The monoisotopic (exact) mass is 231 g/mol. The highest BCUT2D eigenvalue weighted by Crippen LogP contribution is 2.23. The molecule has 1 nitrogen and oxygen atoms in total. The maximum atomic E-state index is 5.66. The lowest BCUT2D eigenvalue weighted by atomic mass is 10.0. The van der Waals surface area contributed by atoms with Gasteiger partial charge in [0.05, 0.1) is 11.2 Å². The fourth-order valence-corrected chi connectivity index (χ4v) is 1.95. The van der Waals surface area contributed by atoms with Crippen molar-refractivity contribution in [1.82, 2.24) is 4.98 Å². The molecule has 2 aromatic rings. The molecule has 0 bridgehead atoms. The van der Waals surface area contributed by atoms with E-state index in [-0.39, 0.29) is 0 Å². The van der Waals surface area contributed by atoms with E-state index in [4.69, 9.17) is 11.6 Å². The fourth-order valence-electron chi connectivity index (χ4n) is 1.81. The van der Waals surface area contributed by atoms with Crippen LogP contribution >= 0.6 is 11.6 Å². The molecule has 0 atom stereocenters. The summed E-state index contributed by atoms with van der Waals surface area (Å²) in [4.78, 5) is 4.68. The summed E-state index contributed by atoms with van der Waals surface area (Å²) in [6.45, 7) is 4.28. The van der Waals surface area contributed by atoms with E-state index in [9.17, 15) is 0 Å². The van der Waals surface area contributed by atoms with Crippen LogP contribution in [0.4, 0.5) is 0 Å². The summed E-state index contributed by atoms with van der Waals surface area (Å²) in [5.41, 5.74) is 4.77. The molecule has 1 heterocycles. The quantitative estimate of drug-likeness (QED) is 0.738. The van der Waals surface area contributed by atoms with Crippen molar-refractivity contribution in [1.29, 1.82) is 0 Å². The smallest absolute Gasteiger partial charge is 0.0705 e. The first-order chi connectivity index (χ1) is 7.72. The molecule has 16 heavy (non-hydrogen) atoms. The summed E-state index contributed by atoms with van der Waals surface area (Å²) < 4.78 is 0. The van der Waals surface area contributed by atoms with Crippen LogP contribution in [0.2, 0.25) is 0 Å². The van der Waals surface area contributed by atoms with E-state index in [1.165, 1.54) is 5.54 Å². The van der Waals surface area contributed by atoms with E-state index in [0.717, 1.165) is 22.2 Å². The zero-order chi connectivity index (χ0) is 11.5. The van der Waals surface area contributed by atoms with Gasteiger partial charge in [-0.25, -0.2) is 0 Å². The highest BCUT2D eigenvalue weighted by molar-refractivity contribution is 6.27. The van der Waals surface area contributed by atoms with E-state index in [1.54, 1.807) is 0 Å². The number of pyridine rings is 1. The Morgan fingerprint density at radius 2 is 2.00 bits per heavy atom. The molecule has 0 N–H and O–H groups in total. The summed E-state index contributed by atoms with van der Waals surface area (Å²) in [6, 6.07) is 10.3. The predicted molar refractivity (Wildman–Crippen MR) is 70.7 cm³/mol. The van der Waals surface area contributed by atoms with E-state index in [1.807, 2.05) is 24.3 Å². The molecule has 0 radical (unpaired) electrons. The molecule has 0 spiro atoms. The highest BCUT2D eigenvalue weighted by atomic mass is 35.5. The predicted octanol–water partition coefficient (Wildman–Crippen LogP) is 4.57. The van der Waals surface area contributed by atoms with Gasteiger partial charge in [0.25, 0.3) is 0 Å². The van der Waals surface area contributed by atoms with Gasteiger partial charge in [-0.3, -0.25) is 4.98 Å².